The molecule has 0 bridgehead atoms. The van der Waals surface area contributed by atoms with E-state index in [1.807, 2.05) is 25.1 Å². The van der Waals surface area contributed by atoms with Crippen LogP contribution >= 0.6 is 0 Å². The molecule has 0 spiro atoms. The molecule has 1 aliphatic rings. The average Bonchev–Trinajstić information content (AvgIpc) is 3.45. The summed E-state index contributed by atoms with van der Waals surface area (Å²) in [6, 6.07) is 18.0. The van der Waals surface area contributed by atoms with Crippen LogP contribution in [0.3, 0.4) is 0 Å². The van der Waals surface area contributed by atoms with Gasteiger partial charge in [0.1, 0.15) is 11.5 Å². The summed E-state index contributed by atoms with van der Waals surface area (Å²) >= 11 is 0. The molecule has 39 heavy (non-hydrogen) atoms. The third-order valence-corrected chi connectivity index (χ3v) is 9.81. The Morgan fingerprint density at radius 2 is 1.67 bits per heavy atom. The van der Waals surface area contributed by atoms with E-state index >= 15 is 0 Å². The van der Waals surface area contributed by atoms with E-state index in [1.54, 1.807) is 26.0 Å². The summed E-state index contributed by atoms with van der Waals surface area (Å²) in [5.74, 6) is 0.801. The van der Waals surface area contributed by atoms with Gasteiger partial charge in [0.15, 0.2) is 9.84 Å². The molecule has 2 heterocycles. The second-order valence-electron chi connectivity index (χ2n) is 10.9. The van der Waals surface area contributed by atoms with Gasteiger partial charge in [0.05, 0.1) is 16.3 Å². The molecule has 1 aromatic heterocycles. The molecular formula is C30H42N4O4S. The number of aromatic nitrogens is 1. The zero-order valence-corrected chi connectivity index (χ0v) is 24.2. The maximum atomic E-state index is 12.4. The second-order valence-corrected chi connectivity index (χ2v) is 13.4. The fraction of sp³-hybridized carbons (Fsp3) is 0.500. The van der Waals surface area contributed by atoms with Crippen LogP contribution in [0.4, 0.5) is 0 Å². The maximum absolute atomic E-state index is 12.4. The van der Waals surface area contributed by atoms with Gasteiger partial charge in [-0.1, -0.05) is 55.4 Å². The Balaban J connectivity index is 1.28. The first kappa shape index (κ1) is 29.4. The third-order valence-electron chi connectivity index (χ3n) is 7.64. The zero-order valence-electron chi connectivity index (χ0n) is 23.4. The van der Waals surface area contributed by atoms with E-state index in [0.29, 0.717) is 17.5 Å². The lowest BCUT2D eigenvalue weighted by Gasteiger charge is -2.23. The van der Waals surface area contributed by atoms with Crippen molar-refractivity contribution in [2.45, 2.75) is 81.3 Å². The molecule has 0 amide bonds. The lowest BCUT2D eigenvalue weighted by Crippen LogP contribution is -2.43. The fourth-order valence-electron chi connectivity index (χ4n) is 4.64. The van der Waals surface area contributed by atoms with Gasteiger partial charge < -0.3 is 25.6 Å². The smallest absolute Gasteiger partial charge is 0.180 e. The van der Waals surface area contributed by atoms with Gasteiger partial charge in [-0.15, -0.1) is 0 Å². The quantitative estimate of drug-likeness (QED) is 0.279. The van der Waals surface area contributed by atoms with Crippen LogP contribution in [0.2, 0.25) is 0 Å². The molecule has 0 saturated carbocycles. The van der Waals surface area contributed by atoms with Crippen molar-refractivity contribution in [1.29, 1.82) is 0 Å². The van der Waals surface area contributed by atoms with Crippen LogP contribution in [0.1, 0.15) is 69.3 Å². The van der Waals surface area contributed by atoms with Gasteiger partial charge in [0, 0.05) is 49.9 Å². The highest BCUT2D eigenvalue weighted by atomic mass is 32.2. The maximum Gasteiger partial charge on any atom is 0.180 e. The summed E-state index contributed by atoms with van der Waals surface area (Å²) < 4.78 is 35.8. The number of nitrogens with zero attached hydrogens (tertiary/aromatic N) is 1. The molecule has 3 aromatic rings. The number of ether oxygens (including phenoxy) is 1. The van der Waals surface area contributed by atoms with Crippen molar-refractivity contribution in [1.82, 2.24) is 15.8 Å². The van der Waals surface area contributed by atoms with Gasteiger partial charge >= 0.3 is 0 Å². The van der Waals surface area contributed by atoms with Crippen molar-refractivity contribution in [3.05, 3.63) is 71.5 Å². The van der Waals surface area contributed by atoms with Crippen molar-refractivity contribution >= 4 is 9.84 Å². The number of hydrogen-bond acceptors (Lipinski definition) is 8. The lowest BCUT2D eigenvalue weighted by molar-refractivity contribution is 0.0776. The van der Waals surface area contributed by atoms with Crippen LogP contribution < -0.4 is 16.4 Å². The highest BCUT2D eigenvalue weighted by molar-refractivity contribution is 7.92. The van der Waals surface area contributed by atoms with Crippen molar-refractivity contribution in [2.75, 3.05) is 19.8 Å². The Bertz CT molecular complexity index is 1280. The SMILES string of the molecule is CC(CNC(N)C(C)c1cc(-c2ccc(CNC3CCOCC3)cc2)no1)c1ccc(S(=O)(=O)C(C)C)cc1. The van der Waals surface area contributed by atoms with E-state index in [2.05, 4.69) is 47.0 Å². The zero-order chi connectivity index (χ0) is 28.0. The Hall–Kier alpha value is -2.56. The number of hydrogen-bond donors (Lipinski definition) is 3. The summed E-state index contributed by atoms with van der Waals surface area (Å²) in [6.45, 7) is 10.6. The van der Waals surface area contributed by atoms with Gasteiger partial charge in [-0.25, -0.2) is 8.42 Å². The fourth-order valence-corrected chi connectivity index (χ4v) is 5.70. The van der Waals surface area contributed by atoms with E-state index in [1.165, 1.54) is 5.56 Å². The molecule has 0 radical (unpaired) electrons. The van der Waals surface area contributed by atoms with Gasteiger partial charge in [-0.3, -0.25) is 0 Å². The molecule has 3 unspecified atom stereocenters. The summed E-state index contributed by atoms with van der Waals surface area (Å²) in [7, 11) is -3.27. The molecule has 1 saturated heterocycles. The Kier molecular flexibility index (Phi) is 9.96. The molecule has 0 aliphatic carbocycles. The van der Waals surface area contributed by atoms with Gasteiger partial charge in [0.25, 0.3) is 0 Å². The molecule has 3 atom stereocenters. The minimum Gasteiger partial charge on any atom is -0.381 e. The molecule has 4 N–H and O–H groups in total. The predicted octanol–water partition coefficient (Wildman–Crippen LogP) is 4.57. The van der Waals surface area contributed by atoms with Crippen molar-refractivity contribution in [2.24, 2.45) is 5.73 Å². The van der Waals surface area contributed by atoms with Crippen molar-refractivity contribution in [3.63, 3.8) is 0 Å². The first-order valence-electron chi connectivity index (χ1n) is 13.8. The Labute approximate surface area is 232 Å². The third kappa shape index (κ3) is 7.55. The predicted molar refractivity (Wildman–Crippen MR) is 154 cm³/mol. The molecule has 8 nitrogen and oxygen atoms in total. The van der Waals surface area contributed by atoms with Gasteiger partial charge in [-0.05, 0) is 55.9 Å². The van der Waals surface area contributed by atoms with E-state index < -0.39 is 15.1 Å². The average molecular weight is 555 g/mol. The molecular weight excluding hydrogens is 512 g/mol. The number of nitrogens with one attached hydrogen (secondary N) is 2. The Morgan fingerprint density at radius 3 is 2.31 bits per heavy atom. The summed E-state index contributed by atoms with van der Waals surface area (Å²) in [4.78, 5) is 0.356. The summed E-state index contributed by atoms with van der Waals surface area (Å²) in [5.41, 5.74) is 10.5. The largest absolute Gasteiger partial charge is 0.381 e. The van der Waals surface area contributed by atoms with Crippen LogP contribution in [0, 0.1) is 0 Å². The van der Waals surface area contributed by atoms with Crippen molar-refractivity contribution < 1.29 is 17.7 Å². The highest BCUT2D eigenvalue weighted by Crippen LogP contribution is 2.26. The minimum absolute atomic E-state index is 0.0834. The normalized spacial score (nSPS) is 17.3. The molecule has 212 valence electrons. The number of nitrogens with two attached hydrogens (primary N) is 1. The van der Waals surface area contributed by atoms with Crippen molar-refractivity contribution in [3.8, 4) is 11.3 Å². The second kappa shape index (κ2) is 13.2. The monoisotopic (exact) mass is 554 g/mol. The topological polar surface area (TPSA) is 119 Å². The van der Waals surface area contributed by atoms with E-state index in [4.69, 9.17) is 15.0 Å². The summed E-state index contributed by atoms with van der Waals surface area (Å²) in [6.07, 6.45) is 1.80. The number of benzene rings is 2. The van der Waals surface area contributed by atoms with Gasteiger partial charge in [0.2, 0.25) is 0 Å². The van der Waals surface area contributed by atoms with Crippen LogP contribution in [-0.4, -0.2) is 50.8 Å². The highest BCUT2D eigenvalue weighted by Gasteiger charge is 2.22. The molecule has 4 rings (SSSR count). The van der Waals surface area contributed by atoms with E-state index in [-0.39, 0.29) is 18.0 Å². The summed E-state index contributed by atoms with van der Waals surface area (Å²) in [5, 5.41) is 10.9. The standard InChI is InChI=1S/C30H42N4O4S/c1-20(2)39(35,36)27-11-9-24(10-12-27)21(3)18-33-30(31)22(4)29-17-28(34-38-29)25-7-5-23(6-8-25)19-32-26-13-15-37-16-14-26/h5-12,17,20-22,26,30,32-33H,13-16,18-19,31H2,1-4H3. The lowest BCUT2D eigenvalue weighted by atomic mass is 9.99. The van der Waals surface area contributed by atoms with Crippen LogP contribution in [-0.2, 0) is 21.1 Å². The first-order valence-corrected chi connectivity index (χ1v) is 15.4. The molecule has 1 fully saturated rings. The number of sulfone groups is 1. The van der Waals surface area contributed by atoms with Crippen LogP contribution in [0.25, 0.3) is 11.3 Å². The minimum atomic E-state index is -3.27. The molecule has 9 heteroatoms. The molecule has 1 aliphatic heterocycles. The van der Waals surface area contributed by atoms with Crippen LogP contribution in [0.5, 0.6) is 0 Å². The van der Waals surface area contributed by atoms with Crippen LogP contribution in [0.15, 0.2) is 64.0 Å². The Morgan fingerprint density at radius 1 is 1.00 bits per heavy atom. The first-order chi connectivity index (χ1) is 18.6. The number of rotatable bonds is 12. The van der Waals surface area contributed by atoms with Gasteiger partial charge in [-0.2, -0.15) is 0 Å². The molecule has 2 aromatic carbocycles. The van der Waals surface area contributed by atoms with E-state index in [0.717, 1.165) is 55.2 Å². The van der Waals surface area contributed by atoms with E-state index in [9.17, 15) is 8.42 Å².